The van der Waals surface area contributed by atoms with E-state index in [0.717, 1.165) is 0 Å². The smallest absolute Gasteiger partial charge is 0.182 e. The van der Waals surface area contributed by atoms with Gasteiger partial charge in [-0.25, -0.2) is 8.78 Å². The van der Waals surface area contributed by atoms with Crippen molar-refractivity contribution in [3.63, 3.8) is 0 Å². The number of hydrogen-bond donors (Lipinski definition) is 2. The number of benzene rings is 1. The van der Waals surface area contributed by atoms with Gasteiger partial charge in [-0.2, -0.15) is 0 Å². The molecular formula is C12H16F2N2OS. The molecule has 1 aromatic carbocycles. The van der Waals surface area contributed by atoms with Crippen molar-refractivity contribution in [1.29, 1.82) is 0 Å². The van der Waals surface area contributed by atoms with Crippen molar-refractivity contribution in [3.05, 3.63) is 29.3 Å². The molecule has 3 nitrogen and oxygen atoms in total. The van der Waals surface area contributed by atoms with Gasteiger partial charge in [0.05, 0.1) is 12.3 Å². The molecule has 0 saturated carbocycles. The van der Waals surface area contributed by atoms with Gasteiger partial charge in [0.2, 0.25) is 0 Å². The van der Waals surface area contributed by atoms with E-state index in [0.29, 0.717) is 0 Å². The van der Waals surface area contributed by atoms with Crippen molar-refractivity contribution < 1.29 is 13.9 Å². The average Bonchev–Trinajstić information content (AvgIpc) is 2.29. The van der Waals surface area contributed by atoms with Crippen LogP contribution in [-0.2, 0) is 0 Å². The molecule has 0 aliphatic heterocycles. The zero-order valence-corrected chi connectivity index (χ0v) is 11.1. The first-order chi connectivity index (χ1) is 8.40. The quantitative estimate of drug-likeness (QED) is 0.804. The topological polar surface area (TPSA) is 49.5 Å². The maximum atomic E-state index is 13.9. The minimum Gasteiger partial charge on any atom is -0.395 e. The summed E-state index contributed by atoms with van der Waals surface area (Å²) in [4.78, 5) is 1.39. The molecule has 0 atom stereocenters. The van der Waals surface area contributed by atoms with E-state index in [1.807, 2.05) is 13.8 Å². The van der Waals surface area contributed by atoms with Crippen molar-refractivity contribution in [2.75, 3.05) is 18.1 Å². The lowest BCUT2D eigenvalue weighted by molar-refractivity contribution is 0.298. The van der Waals surface area contributed by atoms with Gasteiger partial charge in [0.1, 0.15) is 4.99 Å². The number of rotatable bonds is 5. The second-order valence-corrected chi connectivity index (χ2v) is 4.58. The molecule has 6 heteroatoms. The van der Waals surface area contributed by atoms with Crippen molar-refractivity contribution in [2.45, 2.75) is 19.9 Å². The third kappa shape index (κ3) is 2.94. The number of aliphatic hydroxyl groups excluding tert-OH is 1. The Balaban J connectivity index is 3.25. The van der Waals surface area contributed by atoms with Crippen LogP contribution in [-0.4, -0.2) is 29.3 Å². The SMILES string of the molecule is CC(C)N(CCO)c1ccc(C(N)=S)c(F)c1F. The summed E-state index contributed by atoms with van der Waals surface area (Å²) in [6.07, 6.45) is 0. The molecule has 0 radical (unpaired) electrons. The first-order valence-electron chi connectivity index (χ1n) is 5.55. The molecule has 0 aromatic heterocycles. The van der Waals surface area contributed by atoms with Crippen LogP contribution in [0.25, 0.3) is 0 Å². The van der Waals surface area contributed by atoms with Crippen LogP contribution in [0.1, 0.15) is 19.4 Å². The molecule has 0 heterocycles. The molecule has 0 saturated heterocycles. The highest BCUT2D eigenvalue weighted by atomic mass is 32.1. The highest BCUT2D eigenvalue weighted by molar-refractivity contribution is 7.80. The number of halogens is 2. The molecular weight excluding hydrogens is 258 g/mol. The molecule has 1 aromatic rings. The third-order valence-corrected chi connectivity index (χ3v) is 2.82. The molecule has 18 heavy (non-hydrogen) atoms. The van der Waals surface area contributed by atoms with E-state index in [2.05, 4.69) is 12.2 Å². The summed E-state index contributed by atoms with van der Waals surface area (Å²) >= 11 is 4.64. The Morgan fingerprint density at radius 1 is 1.39 bits per heavy atom. The van der Waals surface area contributed by atoms with Gasteiger partial charge in [0.25, 0.3) is 0 Å². The lowest BCUT2D eigenvalue weighted by Crippen LogP contribution is -2.34. The zero-order valence-electron chi connectivity index (χ0n) is 10.3. The minimum absolute atomic E-state index is 0.0678. The van der Waals surface area contributed by atoms with Gasteiger partial charge < -0.3 is 15.7 Å². The van der Waals surface area contributed by atoms with Crippen LogP contribution in [0.5, 0.6) is 0 Å². The molecule has 0 amide bonds. The summed E-state index contributed by atoms with van der Waals surface area (Å²) in [7, 11) is 0. The maximum Gasteiger partial charge on any atom is 0.182 e. The summed E-state index contributed by atoms with van der Waals surface area (Å²) < 4.78 is 27.7. The van der Waals surface area contributed by atoms with Crippen molar-refractivity contribution in [3.8, 4) is 0 Å². The van der Waals surface area contributed by atoms with Crippen molar-refractivity contribution >= 4 is 22.9 Å². The van der Waals surface area contributed by atoms with Gasteiger partial charge in [-0.3, -0.25) is 0 Å². The number of thiocarbonyl (C=S) groups is 1. The summed E-state index contributed by atoms with van der Waals surface area (Å²) in [5, 5.41) is 8.95. The van der Waals surface area contributed by atoms with Crippen LogP contribution in [0.2, 0.25) is 0 Å². The second-order valence-electron chi connectivity index (χ2n) is 4.14. The molecule has 0 aliphatic carbocycles. The largest absolute Gasteiger partial charge is 0.395 e. The van der Waals surface area contributed by atoms with E-state index in [1.165, 1.54) is 12.1 Å². The van der Waals surface area contributed by atoms with Gasteiger partial charge in [-0.15, -0.1) is 0 Å². The number of nitrogens with zero attached hydrogens (tertiary/aromatic N) is 1. The standard InChI is InChI=1S/C12H16F2N2OS/c1-7(2)16(5-6-17)9-4-3-8(12(15)18)10(13)11(9)14/h3-4,7,17H,5-6H2,1-2H3,(H2,15,18). The predicted octanol–water partition coefficient (Wildman–Crippen LogP) is 1.81. The molecule has 1 rings (SSSR count). The van der Waals surface area contributed by atoms with Crippen molar-refractivity contribution in [1.82, 2.24) is 0 Å². The lowest BCUT2D eigenvalue weighted by atomic mass is 10.1. The van der Waals surface area contributed by atoms with Crippen molar-refractivity contribution in [2.24, 2.45) is 5.73 Å². The second kappa shape index (κ2) is 6.06. The normalized spacial score (nSPS) is 10.8. The molecule has 0 spiro atoms. The highest BCUT2D eigenvalue weighted by Crippen LogP contribution is 2.25. The Hall–Kier alpha value is -1.27. The predicted molar refractivity (Wildman–Crippen MR) is 71.8 cm³/mol. The van der Waals surface area contributed by atoms with E-state index >= 15 is 0 Å². The first-order valence-corrected chi connectivity index (χ1v) is 5.96. The van der Waals surface area contributed by atoms with Gasteiger partial charge in [-0.1, -0.05) is 12.2 Å². The Morgan fingerprint density at radius 2 is 2.00 bits per heavy atom. The Bertz CT molecular complexity index is 452. The molecule has 100 valence electrons. The summed E-state index contributed by atoms with van der Waals surface area (Å²) in [5.74, 6) is -2.05. The Morgan fingerprint density at radius 3 is 2.44 bits per heavy atom. The van der Waals surface area contributed by atoms with Gasteiger partial charge in [0.15, 0.2) is 11.6 Å². The third-order valence-electron chi connectivity index (χ3n) is 2.60. The van der Waals surface area contributed by atoms with E-state index in [9.17, 15) is 8.78 Å². The minimum atomic E-state index is -1.05. The fraction of sp³-hybridized carbons (Fsp3) is 0.417. The fourth-order valence-electron chi connectivity index (χ4n) is 1.72. The van der Waals surface area contributed by atoms with E-state index < -0.39 is 11.6 Å². The van der Waals surface area contributed by atoms with Crippen LogP contribution in [0.15, 0.2) is 12.1 Å². The summed E-state index contributed by atoms with van der Waals surface area (Å²) in [6.45, 7) is 3.74. The maximum absolute atomic E-state index is 13.9. The van der Waals surface area contributed by atoms with Crippen LogP contribution in [0.4, 0.5) is 14.5 Å². The summed E-state index contributed by atoms with van der Waals surface area (Å²) in [5.41, 5.74) is 5.28. The highest BCUT2D eigenvalue weighted by Gasteiger charge is 2.20. The molecule has 3 N–H and O–H groups in total. The van der Waals surface area contributed by atoms with Gasteiger partial charge in [-0.05, 0) is 26.0 Å². The van der Waals surface area contributed by atoms with Crippen LogP contribution in [0.3, 0.4) is 0 Å². The first kappa shape index (κ1) is 14.8. The van der Waals surface area contributed by atoms with E-state index in [-0.39, 0.29) is 35.4 Å². The zero-order chi connectivity index (χ0) is 13.9. The Kier molecular flexibility index (Phi) is 4.98. The average molecular weight is 274 g/mol. The number of aliphatic hydroxyl groups is 1. The van der Waals surface area contributed by atoms with Crippen LogP contribution < -0.4 is 10.6 Å². The number of nitrogens with two attached hydrogens (primary N) is 1. The number of hydrogen-bond acceptors (Lipinski definition) is 3. The Labute approximate surface area is 110 Å². The van der Waals surface area contributed by atoms with E-state index in [1.54, 1.807) is 4.90 Å². The molecule has 0 fully saturated rings. The molecule has 0 bridgehead atoms. The lowest BCUT2D eigenvalue weighted by Gasteiger charge is -2.28. The number of anilines is 1. The van der Waals surface area contributed by atoms with E-state index in [4.69, 9.17) is 10.8 Å². The van der Waals surface area contributed by atoms with Crippen LogP contribution >= 0.6 is 12.2 Å². The summed E-state index contributed by atoms with van der Waals surface area (Å²) in [6, 6.07) is 2.70. The molecule has 0 aliphatic rings. The molecule has 0 unspecified atom stereocenters. The fourth-order valence-corrected chi connectivity index (χ4v) is 1.87. The van der Waals surface area contributed by atoms with Crippen LogP contribution in [0, 0.1) is 11.6 Å². The monoisotopic (exact) mass is 274 g/mol. The van der Waals surface area contributed by atoms with Gasteiger partial charge >= 0.3 is 0 Å². The van der Waals surface area contributed by atoms with Gasteiger partial charge in [0, 0.05) is 18.2 Å².